The van der Waals surface area contributed by atoms with Crippen LogP contribution in [0.1, 0.15) is 38.5 Å². The van der Waals surface area contributed by atoms with Crippen LogP contribution < -0.4 is 4.90 Å². The first kappa shape index (κ1) is 16.7. The van der Waals surface area contributed by atoms with Crippen molar-refractivity contribution in [2.45, 2.75) is 45.1 Å². The lowest BCUT2D eigenvalue weighted by atomic mass is 10.0. The Bertz CT molecular complexity index is 475. The standard InChI is InChI=1S/C15H26N4O3/c1-4-21-11-12-7-5-6-10-19(12)14(20)9-8-13-16-15(17-22-13)18(2)3/h12H,4-11H2,1-3H3. The lowest BCUT2D eigenvalue weighted by Crippen LogP contribution is -2.46. The lowest BCUT2D eigenvalue weighted by molar-refractivity contribution is -0.136. The summed E-state index contributed by atoms with van der Waals surface area (Å²) in [5.41, 5.74) is 0. The minimum Gasteiger partial charge on any atom is -0.380 e. The second-order valence-corrected chi connectivity index (χ2v) is 5.78. The maximum absolute atomic E-state index is 12.5. The van der Waals surface area contributed by atoms with Crippen molar-refractivity contribution >= 4 is 11.9 Å². The van der Waals surface area contributed by atoms with E-state index in [1.54, 1.807) is 4.90 Å². The summed E-state index contributed by atoms with van der Waals surface area (Å²) in [6.45, 7) is 4.12. The summed E-state index contributed by atoms with van der Waals surface area (Å²) in [6.07, 6.45) is 4.14. The normalized spacial score (nSPS) is 18.5. The predicted molar refractivity (Wildman–Crippen MR) is 82.8 cm³/mol. The van der Waals surface area contributed by atoms with Gasteiger partial charge >= 0.3 is 0 Å². The Morgan fingerprint density at radius 1 is 1.45 bits per heavy atom. The van der Waals surface area contributed by atoms with Crippen molar-refractivity contribution in [3.8, 4) is 0 Å². The topological polar surface area (TPSA) is 71.7 Å². The van der Waals surface area contributed by atoms with E-state index in [-0.39, 0.29) is 11.9 Å². The molecule has 1 aliphatic rings. The summed E-state index contributed by atoms with van der Waals surface area (Å²) in [4.78, 5) is 20.4. The van der Waals surface area contributed by atoms with Crippen LogP contribution in [0.3, 0.4) is 0 Å². The molecule has 0 radical (unpaired) electrons. The van der Waals surface area contributed by atoms with Crippen LogP contribution in [0.2, 0.25) is 0 Å². The van der Waals surface area contributed by atoms with Gasteiger partial charge in [-0.1, -0.05) is 0 Å². The van der Waals surface area contributed by atoms with Crippen molar-refractivity contribution in [1.82, 2.24) is 15.0 Å². The number of piperidine rings is 1. The number of hydrogen-bond donors (Lipinski definition) is 0. The molecule has 7 nitrogen and oxygen atoms in total. The van der Waals surface area contributed by atoms with E-state index >= 15 is 0 Å². The fourth-order valence-electron chi connectivity index (χ4n) is 2.64. The molecule has 0 N–H and O–H groups in total. The molecule has 2 rings (SSSR count). The van der Waals surface area contributed by atoms with Gasteiger partial charge in [0.05, 0.1) is 12.6 Å². The largest absolute Gasteiger partial charge is 0.380 e. The highest BCUT2D eigenvalue weighted by Crippen LogP contribution is 2.19. The van der Waals surface area contributed by atoms with Crippen molar-refractivity contribution in [3.05, 3.63) is 5.89 Å². The Balaban J connectivity index is 1.86. The first-order valence-electron chi connectivity index (χ1n) is 7.99. The van der Waals surface area contributed by atoms with Crippen LogP contribution in [0.4, 0.5) is 5.95 Å². The molecule has 2 heterocycles. The van der Waals surface area contributed by atoms with E-state index in [1.807, 2.05) is 25.9 Å². The third kappa shape index (κ3) is 4.43. The summed E-state index contributed by atoms with van der Waals surface area (Å²) in [6, 6.07) is 0.209. The van der Waals surface area contributed by atoms with Crippen LogP contribution in [-0.4, -0.2) is 60.8 Å². The average Bonchev–Trinajstić information content (AvgIpc) is 3.00. The summed E-state index contributed by atoms with van der Waals surface area (Å²) in [5.74, 6) is 1.19. The molecule has 0 bridgehead atoms. The molecular weight excluding hydrogens is 284 g/mol. The van der Waals surface area contributed by atoms with Crippen LogP contribution in [0.5, 0.6) is 0 Å². The molecule has 22 heavy (non-hydrogen) atoms. The number of nitrogens with zero attached hydrogens (tertiary/aromatic N) is 4. The molecule has 1 atom stereocenters. The zero-order valence-electron chi connectivity index (χ0n) is 13.7. The van der Waals surface area contributed by atoms with Gasteiger partial charge in [-0.15, -0.1) is 0 Å². The third-order valence-electron chi connectivity index (χ3n) is 3.87. The Morgan fingerprint density at radius 3 is 2.95 bits per heavy atom. The molecule has 7 heteroatoms. The summed E-state index contributed by atoms with van der Waals surface area (Å²) >= 11 is 0. The fraction of sp³-hybridized carbons (Fsp3) is 0.800. The zero-order valence-corrected chi connectivity index (χ0v) is 13.7. The van der Waals surface area contributed by atoms with E-state index in [0.29, 0.717) is 37.9 Å². The molecule has 0 aromatic carbocycles. The number of aryl methyl sites for hydroxylation is 1. The summed E-state index contributed by atoms with van der Waals surface area (Å²) in [5, 5.41) is 3.86. The Labute approximate surface area is 131 Å². The molecule has 1 fully saturated rings. The van der Waals surface area contributed by atoms with Crippen molar-refractivity contribution in [1.29, 1.82) is 0 Å². The monoisotopic (exact) mass is 310 g/mol. The van der Waals surface area contributed by atoms with Crippen LogP contribution >= 0.6 is 0 Å². The molecule has 124 valence electrons. The minimum absolute atomic E-state index is 0.147. The van der Waals surface area contributed by atoms with Crippen LogP contribution in [0.15, 0.2) is 4.52 Å². The average molecular weight is 310 g/mol. The SMILES string of the molecule is CCOCC1CCCCN1C(=O)CCc1nc(N(C)C)no1. The second kappa shape index (κ2) is 8.12. The molecule has 1 aromatic heterocycles. The quantitative estimate of drug-likeness (QED) is 0.760. The molecule has 0 spiro atoms. The number of hydrogen-bond acceptors (Lipinski definition) is 6. The Hall–Kier alpha value is -1.63. The number of amides is 1. The Kier molecular flexibility index (Phi) is 6.18. The van der Waals surface area contributed by atoms with E-state index in [4.69, 9.17) is 9.26 Å². The predicted octanol–water partition coefficient (Wildman–Crippen LogP) is 1.49. The number of anilines is 1. The van der Waals surface area contributed by atoms with Gasteiger partial charge in [-0.2, -0.15) is 4.98 Å². The molecule has 0 aliphatic carbocycles. The van der Waals surface area contributed by atoms with Crippen LogP contribution in [0.25, 0.3) is 0 Å². The van der Waals surface area contributed by atoms with Crippen LogP contribution in [-0.2, 0) is 16.0 Å². The molecular formula is C15H26N4O3. The molecule has 1 aromatic rings. The maximum atomic E-state index is 12.5. The van der Waals surface area contributed by atoms with E-state index in [0.717, 1.165) is 25.8 Å². The summed E-state index contributed by atoms with van der Waals surface area (Å²) < 4.78 is 10.7. The highest BCUT2D eigenvalue weighted by molar-refractivity contribution is 5.76. The zero-order chi connectivity index (χ0) is 15.9. The molecule has 1 aliphatic heterocycles. The Morgan fingerprint density at radius 2 is 2.27 bits per heavy atom. The number of carbonyl (C=O) groups is 1. The third-order valence-corrected chi connectivity index (χ3v) is 3.87. The number of rotatable bonds is 7. The van der Waals surface area contributed by atoms with Crippen molar-refractivity contribution in [2.75, 3.05) is 38.8 Å². The summed E-state index contributed by atoms with van der Waals surface area (Å²) in [7, 11) is 3.71. The minimum atomic E-state index is 0.147. The maximum Gasteiger partial charge on any atom is 0.265 e. The van der Waals surface area contributed by atoms with Gasteiger partial charge in [-0.25, -0.2) is 0 Å². The van der Waals surface area contributed by atoms with Crippen molar-refractivity contribution < 1.29 is 14.1 Å². The first-order valence-corrected chi connectivity index (χ1v) is 7.99. The van der Waals surface area contributed by atoms with Gasteiger partial charge in [0.15, 0.2) is 0 Å². The van der Waals surface area contributed by atoms with Crippen molar-refractivity contribution in [2.24, 2.45) is 0 Å². The van der Waals surface area contributed by atoms with Gasteiger partial charge in [0.25, 0.3) is 5.95 Å². The van der Waals surface area contributed by atoms with Gasteiger partial charge in [-0.05, 0) is 31.3 Å². The van der Waals surface area contributed by atoms with Gasteiger partial charge in [0, 0.05) is 40.1 Å². The lowest BCUT2D eigenvalue weighted by Gasteiger charge is -2.35. The second-order valence-electron chi connectivity index (χ2n) is 5.78. The van der Waals surface area contributed by atoms with Gasteiger partial charge < -0.3 is 19.1 Å². The molecule has 1 unspecified atom stereocenters. The number of likely N-dealkylation sites (tertiary alicyclic amines) is 1. The highest BCUT2D eigenvalue weighted by atomic mass is 16.5. The van der Waals surface area contributed by atoms with E-state index < -0.39 is 0 Å². The van der Waals surface area contributed by atoms with Gasteiger partial charge in [0.2, 0.25) is 11.8 Å². The fourth-order valence-corrected chi connectivity index (χ4v) is 2.64. The van der Waals surface area contributed by atoms with Crippen molar-refractivity contribution in [3.63, 3.8) is 0 Å². The van der Waals surface area contributed by atoms with Gasteiger partial charge in [-0.3, -0.25) is 4.79 Å². The van der Waals surface area contributed by atoms with E-state index in [2.05, 4.69) is 10.1 Å². The van der Waals surface area contributed by atoms with Gasteiger partial charge in [0.1, 0.15) is 0 Å². The molecule has 0 saturated carbocycles. The van der Waals surface area contributed by atoms with Crippen LogP contribution in [0, 0.1) is 0 Å². The number of ether oxygens (including phenoxy) is 1. The number of aromatic nitrogens is 2. The first-order chi connectivity index (χ1) is 10.6. The smallest absolute Gasteiger partial charge is 0.265 e. The van der Waals surface area contributed by atoms with E-state index in [1.165, 1.54) is 0 Å². The number of carbonyl (C=O) groups excluding carboxylic acids is 1. The molecule has 1 saturated heterocycles. The highest BCUT2D eigenvalue weighted by Gasteiger charge is 2.26. The molecule has 1 amide bonds. The van der Waals surface area contributed by atoms with E-state index in [9.17, 15) is 4.79 Å².